The average Bonchev–Trinajstić information content (AvgIpc) is 3.67. The number of hydrogen-bond donors (Lipinski definition) is 1. The van der Waals surface area contributed by atoms with Gasteiger partial charge in [-0.15, -0.1) is 11.3 Å². The molecule has 0 aliphatic carbocycles. The number of fused-ring (bicyclic) bond motifs is 1. The molecule has 3 aromatic carbocycles. The van der Waals surface area contributed by atoms with Crippen molar-refractivity contribution in [2.75, 3.05) is 36.5 Å². The van der Waals surface area contributed by atoms with E-state index >= 15 is 0 Å². The van der Waals surface area contributed by atoms with Gasteiger partial charge in [-0.1, -0.05) is 59.8 Å². The fourth-order valence-electron chi connectivity index (χ4n) is 5.06. The Morgan fingerprint density at radius 3 is 2.74 bits per heavy atom. The Morgan fingerprint density at radius 1 is 0.953 bits per heavy atom. The molecule has 0 atom stereocenters. The summed E-state index contributed by atoms with van der Waals surface area (Å²) in [6.45, 7) is 3.66. The van der Waals surface area contributed by atoms with Crippen LogP contribution in [0.25, 0.3) is 27.6 Å². The Morgan fingerprint density at radius 2 is 1.84 bits per heavy atom. The van der Waals surface area contributed by atoms with Crippen LogP contribution in [0.5, 0.6) is 0 Å². The summed E-state index contributed by atoms with van der Waals surface area (Å²) in [6.07, 6.45) is 5.52. The monoisotopic (exact) mass is 587 g/mol. The zero-order valence-corrected chi connectivity index (χ0v) is 24.2. The minimum atomic E-state index is 0.417. The van der Waals surface area contributed by atoms with Crippen molar-refractivity contribution in [1.82, 2.24) is 19.4 Å². The van der Waals surface area contributed by atoms with Crippen molar-refractivity contribution >= 4 is 39.8 Å². The minimum Gasteiger partial charge on any atom is -0.391 e. The maximum atomic E-state index is 5.52. The quantitative estimate of drug-likeness (QED) is 0.150. The lowest BCUT2D eigenvalue weighted by molar-refractivity contribution is 0.122. The predicted octanol–water partition coefficient (Wildman–Crippen LogP) is 6.65. The van der Waals surface area contributed by atoms with Crippen molar-refractivity contribution in [3.8, 4) is 22.6 Å². The van der Waals surface area contributed by atoms with Crippen LogP contribution in [-0.4, -0.2) is 51.9 Å². The molecule has 7 rings (SSSR count). The Balaban J connectivity index is 1.15. The van der Waals surface area contributed by atoms with E-state index in [0.717, 1.165) is 76.4 Å². The lowest BCUT2D eigenvalue weighted by Crippen LogP contribution is -2.36. The number of thiazole rings is 1. The molecule has 6 aromatic rings. The van der Waals surface area contributed by atoms with Crippen LogP contribution in [0, 0.1) is 0 Å². The second-order valence-electron chi connectivity index (χ2n) is 10.0. The molecule has 1 fully saturated rings. The van der Waals surface area contributed by atoms with E-state index in [1.54, 1.807) is 23.7 Å². The van der Waals surface area contributed by atoms with E-state index in [9.17, 15) is 0 Å². The van der Waals surface area contributed by atoms with Crippen LogP contribution in [0.1, 0.15) is 11.1 Å². The smallest absolute Gasteiger partial charge is 0.227 e. The molecule has 1 N–H and O–H groups in total. The number of anilines is 3. The van der Waals surface area contributed by atoms with Crippen molar-refractivity contribution in [2.24, 2.45) is 5.16 Å². The fourth-order valence-corrected chi connectivity index (χ4v) is 5.78. The summed E-state index contributed by atoms with van der Waals surface area (Å²) in [5.74, 6) is 0.518. The lowest BCUT2D eigenvalue weighted by atomic mass is 10.1. The van der Waals surface area contributed by atoms with Crippen LogP contribution in [-0.2, 0) is 16.2 Å². The minimum absolute atomic E-state index is 0.417. The van der Waals surface area contributed by atoms with E-state index in [2.05, 4.69) is 49.0 Å². The normalized spacial score (nSPS) is 13.5. The highest BCUT2D eigenvalue weighted by atomic mass is 32.1. The van der Waals surface area contributed by atoms with E-state index < -0.39 is 0 Å². The first-order valence-corrected chi connectivity index (χ1v) is 15.0. The molecule has 3 aromatic heterocycles. The summed E-state index contributed by atoms with van der Waals surface area (Å²) in [5.41, 5.74) is 7.53. The SMILES string of the molecule is C(=NOCc1ccccc1)c1cccc(-c2nc3sccn3c2-c2ccnc(Nc3cccc(N4CCOCC4)c3)n2)c1. The van der Waals surface area contributed by atoms with E-state index in [4.69, 9.17) is 19.5 Å². The molecule has 0 unspecified atom stereocenters. The zero-order valence-electron chi connectivity index (χ0n) is 23.3. The molecule has 43 heavy (non-hydrogen) atoms. The molecule has 0 amide bonds. The van der Waals surface area contributed by atoms with E-state index in [-0.39, 0.29) is 0 Å². The maximum Gasteiger partial charge on any atom is 0.227 e. The standard InChI is InChI=1S/C33H29N7O2S/c1-2-6-24(7-3-1)23-42-35-22-25-8-4-9-26(20-25)30-31(40-16-19-43-33(40)38-30)29-12-13-34-32(37-29)36-27-10-5-11-28(21-27)39-14-17-41-18-15-39/h1-13,16,19-22H,14-15,17-18,23H2,(H,34,36,37). The molecule has 4 heterocycles. The second-order valence-corrected chi connectivity index (χ2v) is 10.9. The zero-order chi connectivity index (χ0) is 28.8. The summed E-state index contributed by atoms with van der Waals surface area (Å²) in [4.78, 5) is 23.2. The molecular weight excluding hydrogens is 558 g/mol. The van der Waals surface area contributed by atoms with Crippen LogP contribution in [0.3, 0.4) is 0 Å². The molecule has 1 aliphatic rings. The lowest BCUT2D eigenvalue weighted by Gasteiger charge is -2.29. The van der Waals surface area contributed by atoms with E-state index in [1.807, 2.05) is 72.2 Å². The summed E-state index contributed by atoms with van der Waals surface area (Å²) in [7, 11) is 0. The molecule has 10 heteroatoms. The molecule has 0 saturated carbocycles. The number of nitrogens with one attached hydrogen (secondary N) is 1. The van der Waals surface area contributed by atoms with Gasteiger partial charge >= 0.3 is 0 Å². The summed E-state index contributed by atoms with van der Waals surface area (Å²) < 4.78 is 7.59. The molecule has 1 aliphatic heterocycles. The number of oxime groups is 1. The molecule has 0 spiro atoms. The van der Waals surface area contributed by atoms with Gasteiger partial charge in [0.1, 0.15) is 12.3 Å². The number of aromatic nitrogens is 4. The van der Waals surface area contributed by atoms with Gasteiger partial charge in [-0.2, -0.15) is 0 Å². The van der Waals surface area contributed by atoms with E-state index in [1.165, 1.54) is 0 Å². The largest absolute Gasteiger partial charge is 0.391 e. The summed E-state index contributed by atoms with van der Waals surface area (Å²) in [6, 6.07) is 28.3. The second kappa shape index (κ2) is 12.4. The number of benzene rings is 3. The highest BCUT2D eigenvalue weighted by Crippen LogP contribution is 2.34. The molecule has 0 bridgehead atoms. The Hall–Kier alpha value is -5.06. The first-order valence-electron chi connectivity index (χ1n) is 14.1. The van der Waals surface area contributed by atoms with Crippen LogP contribution in [0.4, 0.5) is 17.3 Å². The van der Waals surface area contributed by atoms with E-state index in [0.29, 0.717) is 12.6 Å². The molecule has 1 saturated heterocycles. The molecule has 0 radical (unpaired) electrons. The summed E-state index contributed by atoms with van der Waals surface area (Å²) in [5, 5.41) is 9.61. The molecule has 214 valence electrons. The number of imidazole rings is 1. The van der Waals surface area contributed by atoms with Gasteiger partial charge in [-0.3, -0.25) is 4.40 Å². The van der Waals surface area contributed by atoms with Gasteiger partial charge in [-0.25, -0.2) is 15.0 Å². The van der Waals surface area contributed by atoms with Gasteiger partial charge in [0.2, 0.25) is 5.95 Å². The fraction of sp³-hybridized carbons (Fsp3) is 0.152. The first kappa shape index (κ1) is 26.8. The highest BCUT2D eigenvalue weighted by Gasteiger charge is 2.19. The van der Waals surface area contributed by atoms with Gasteiger partial charge in [0.25, 0.3) is 0 Å². The van der Waals surface area contributed by atoms with Crippen LogP contribution >= 0.6 is 11.3 Å². The van der Waals surface area contributed by atoms with Crippen molar-refractivity contribution in [2.45, 2.75) is 6.61 Å². The third kappa shape index (κ3) is 6.11. The van der Waals surface area contributed by atoms with Crippen molar-refractivity contribution in [3.63, 3.8) is 0 Å². The van der Waals surface area contributed by atoms with Gasteiger partial charge in [0.05, 0.1) is 30.8 Å². The third-order valence-electron chi connectivity index (χ3n) is 7.15. The number of rotatable bonds is 9. The van der Waals surface area contributed by atoms with Crippen molar-refractivity contribution in [3.05, 3.63) is 114 Å². The van der Waals surface area contributed by atoms with Crippen LogP contribution in [0.2, 0.25) is 0 Å². The van der Waals surface area contributed by atoms with Gasteiger partial charge in [0, 0.05) is 47.8 Å². The number of morpholine rings is 1. The Labute approximate surface area is 253 Å². The van der Waals surface area contributed by atoms with Crippen LogP contribution in [0.15, 0.2) is 108 Å². The highest BCUT2D eigenvalue weighted by molar-refractivity contribution is 7.15. The maximum absolute atomic E-state index is 5.52. The van der Waals surface area contributed by atoms with Crippen molar-refractivity contribution in [1.29, 1.82) is 0 Å². The summed E-state index contributed by atoms with van der Waals surface area (Å²) >= 11 is 1.59. The average molecular weight is 588 g/mol. The number of hydrogen-bond acceptors (Lipinski definition) is 9. The Bertz CT molecular complexity index is 1860. The van der Waals surface area contributed by atoms with Crippen molar-refractivity contribution < 1.29 is 9.57 Å². The third-order valence-corrected chi connectivity index (χ3v) is 7.91. The number of nitrogens with zero attached hydrogens (tertiary/aromatic N) is 6. The Kier molecular flexibility index (Phi) is 7.76. The number of ether oxygens (including phenoxy) is 1. The molecular formula is C33H29N7O2S. The van der Waals surface area contributed by atoms with Crippen LogP contribution < -0.4 is 10.2 Å². The topological polar surface area (TPSA) is 89.2 Å². The van der Waals surface area contributed by atoms with Gasteiger partial charge < -0.3 is 19.8 Å². The first-order chi connectivity index (χ1) is 21.3. The predicted molar refractivity (Wildman–Crippen MR) is 171 cm³/mol. The molecule has 9 nitrogen and oxygen atoms in total. The van der Waals surface area contributed by atoms with Gasteiger partial charge in [0.15, 0.2) is 4.96 Å². The van der Waals surface area contributed by atoms with Gasteiger partial charge in [-0.05, 0) is 41.5 Å².